The molecule has 1 amide bonds. The molecule has 1 heterocycles. The second-order valence-corrected chi connectivity index (χ2v) is 7.42. The van der Waals surface area contributed by atoms with Gasteiger partial charge in [0.2, 0.25) is 5.91 Å². The predicted octanol–water partition coefficient (Wildman–Crippen LogP) is 3.41. The number of halogens is 2. The summed E-state index contributed by atoms with van der Waals surface area (Å²) in [5.74, 6) is -1.18. The smallest absolute Gasteiger partial charge is 0.331 e. The molecule has 1 aromatic rings. The number of amides is 1. The van der Waals surface area contributed by atoms with Crippen LogP contribution in [0.5, 0.6) is 0 Å². The number of carbonyl (C=O) groups is 2. The number of hydrogen-bond donors (Lipinski definition) is 1. The fourth-order valence-corrected chi connectivity index (χ4v) is 4.06. The summed E-state index contributed by atoms with van der Waals surface area (Å²) in [7, 11) is 0. The third-order valence-corrected chi connectivity index (χ3v) is 6.06. The summed E-state index contributed by atoms with van der Waals surface area (Å²) >= 11 is 8.02. The van der Waals surface area contributed by atoms with Gasteiger partial charge in [0, 0.05) is 22.3 Å². The Morgan fingerprint density at radius 3 is 2.44 bits per heavy atom. The van der Waals surface area contributed by atoms with Crippen molar-refractivity contribution in [1.29, 1.82) is 0 Å². The van der Waals surface area contributed by atoms with Crippen LogP contribution in [0.1, 0.15) is 30.7 Å². The lowest BCUT2D eigenvalue weighted by molar-refractivity contribution is -0.150. The lowest BCUT2D eigenvalue weighted by atomic mass is 10.2. The predicted molar refractivity (Wildman–Crippen MR) is 75.6 cm³/mol. The standard InChI is InChI=1S/C11H11Br2NO3S/c1-5(15)14(6-2-3-6)9(11(16)17)8-4-7(12)10(13)18-8/h4,6,9H,2-3H2,1H3,(H,16,17). The van der Waals surface area contributed by atoms with Crippen molar-refractivity contribution in [2.45, 2.75) is 31.8 Å². The van der Waals surface area contributed by atoms with Crippen LogP contribution in [0.25, 0.3) is 0 Å². The van der Waals surface area contributed by atoms with Gasteiger partial charge in [-0.05, 0) is 50.8 Å². The average molecular weight is 397 g/mol. The van der Waals surface area contributed by atoms with Crippen LogP contribution >= 0.6 is 43.2 Å². The lowest BCUT2D eigenvalue weighted by Crippen LogP contribution is -2.38. The SMILES string of the molecule is CC(=O)N(C1CC1)C(C(=O)O)c1cc(Br)c(Br)s1. The second-order valence-electron chi connectivity index (χ2n) is 4.17. The summed E-state index contributed by atoms with van der Waals surface area (Å²) in [5, 5.41) is 9.40. The summed E-state index contributed by atoms with van der Waals surface area (Å²) in [5.41, 5.74) is 0. The lowest BCUT2D eigenvalue weighted by Gasteiger charge is -2.27. The van der Waals surface area contributed by atoms with E-state index in [1.165, 1.54) is 23.2 Å². The fraction of sp³-hybridized carbons (Fsp3) is 0.455. The highest BCUT2D eigenvalue weighted by Crippen LogP contribution is 2.41. The van der Waals surface area contributed by atoms with Crippen LogP contribution in [0.15, 0.2) is 14.3 Å². The van der Waals surface area contributed by atoms with Crippen LogP contribution in [0.2, 0.25) is 0 Å². The van der Waals surface area contributed by atoms with Gasteiger partial charge in [0.1, 0.15) is 0 Å². The van der Waals surface area contributed by atoms with Gasteiger partial charge >= 0.3 is 5.97 Å². The van der Waals surface area contributed by atoms with E-state index in [2.05, 4.69) is 31.9 Å². The Bertz CT molecular complexity index is 479. The van der Waals surface area contributed by atoms with E-state index >= 15 is 0 Å². The van der Waals surface area contributed by atoms with E-state index in [1.807, 2.05) is 0 Å². The average Bonchev–Trinajstić information content (AvgIpc) is 3.02. The van der Waals surface area contributed by atoms with E-state index < -0.39 is 12.0 Å². The van der Waals surface area contributed by atoms with Crippen LogP contribution in [0.4, 0.5) is 0 Å². The molecule has 1 aliphatic rings. The van der Waals surface area contributed by atoms with Gasteiger partial charge in [-0.3, -0.25) is 4.79 Å². The van der Waals surface area contributed by atoms with Crippen molar-refractivity contribution in [1.82, 2.24) is 4.90 Å². The first kappa shape index (κ1) is 14.0. The maximum atomic E-state index is 11.7. The highest BCUT2D eigenvalue weighted by atomic mass is 79.9. The Balaban J connectivity index is 2.38. The molecule has 1 N–H and O–H groups in total. The normalized spacial score (nSPS) is 16.4. The monoisotopic (exact) mass is 395 g/mol. The molecular formula is C11H11Br2NO3S. The zero-order valence-electron chi connectivity index (χ0n) is 9.52. The third-order valence-electron chi connectivity index (χ3n) is 2.75. The summed E-state index contributed by atoms with van der Waals surface area (Å²) in [6.45, 7) is 1.42. The first-order chi connectivity index (χ1) is 8.41. The number of carboxylic acid groups (broad SMARTS) is 1. The zero-order valence-corrected chi connectivity index (χ0v) is 13.5. The topological polar surface area (TPSA) is 57.6 Å². The van der Waals surface area contributed by atoms with Crippen molar-refractivity contribution in [2.75, 3.05) is 0 Å². The molecule has 18 heavy (non-hydrogen) atoms. The molecule has 7 heteroatoms. The largest absolute Gasteiger partial charge is 0.479 e. The van der Waals surface area contributed by atoms with E-state index in [-0.39, 0.29) is 11.9 Å². The summed E-state index contributed by atoms with van der Waals surface area (Å²) in [4.78, 5) is 25.3. The molecule has 1 aromatic heterocycles. The quantitative estimate of drug-likeness (QED) is 0.848. The molecule has 0 aliphatic heterocycles. The van der Waals surface area contributed by atoms with E-state index in [0.717, 1.165) is 21.1 Å². The molecule has 0 aromatic carbocycles. The maximum absolute atomic E-state index is 11.7. The number of hydrogen-bond acceptors (Lipinski definition) is 3. The van der Waals surface area contributed by atoms with Crippen molar-refractivity contribution in [2.24, 2.45) is 0 Å². The van der Waals surface area contributed by atoms with Crippen molar-refractivity contribution in [3.63, 3.8) is 0 Å². The van der Waals surface area contributed by atoms with E-state index in [4.69, 9.17) is 0 Å². The number of nitrogens with zero attached hydrogens (tertiary/aromatic N) is 1. The van der Waals surface area contributed by atoms with Gasteiger partial charge < -0.3 is 10.0 Å². The molecule has 1 aliphatic carbocycles. The third kappa shape index (κ3) is 2.78. The Morgan fingerprint density at radius 2 is 2.11 bits per heavy atom. The second kappa shape index (κ2) is 5.30. The summed E-state index contributed by atoms with van der Waals surface area (Å²) in [6, 6.07) is 0.942. The Morgan fingerprint density at radius 1 is 1.50 bits per heavy atom. The number of carbonyl (C=O) groups excluding carboxylic acids is 1. The molecule has 2 rings (SSSR count). The number of thiophene rings is 1. The first-order valence-electron chi connectivity index (χ1n) is 5.38. The van der Waals surface area contributed by atoms with Gasteiger partial charge in [-0.2, -0.15) is 0 Å². The fourth-order valence-electron chi connectivity index (χ4n) is 1.88. The van der Waals surface area contributed by atoms with E-state index in [9.17, 15) is 14.7 Å². The van der Waals surface area contributed by atoms with Crippen LogP contribution in [0, 0.1) is 0 Å². The Hall–Kier alpha value is -0.400. The Labute approximate surface area is 125 Å². The minimum atomic E-state index is -0.988. The molecule has 0 bridgehead atoms. The highest BCUT2D eigenvalue weighted by molar-refractivity contribution is 9.13. The van der Waals surface area contributed by atoms with Crippen LogP contribution in [-0.2, 0) is 9.59 Å². The van der Waals surface area contributed by atoms with Crippen molar-refractivity contribution in [3.05, 3.63) is 19.2 Å². The Kier molecular flexibility index (Phi) is 4.13. The van der Waals surface area contributed by atoms with Gasteiger partial charge in [-0.25, -0.2) is 4.79 Å². The first-order valence-corrected chi connectivity index (χ1v) is 7.78. The molecule has 1 atom stereocenters. The number of carboxylic acids is 1. The summed E-state index contributed by atoms with van der Waals surface area (Å²) < 4.78 is 1.65. The summed E-state index contributed by atoms with van der Waals surface area (Å²) in [6.07, 6.45) is 1.77. The van der Waals surface area contributed by atoms with E-state index in [0.29, 0.717) is 4.88 Å². The number of aliphatic carboxylic acids is 1. The maximum Gasteiger partial charge on any atom is 0.331 e. The number of rotatable bonds is 4. The molecule has 1 fully saturated rings. The van der Waals surface area contributed by atoms with Gasteiger partial charge in [0.15, 0.2) is 6.04 Å². The molecule has 0 saturated heterocycles. The van der Waals surface area contributed by atoms with Gasteiger partial charge in [-0.1, -0.05) is 0 Å². The molecule has 0 radical (unpaired) electrons. The minimum absolute atomic E-state index is 0.0725. The molecule has 1 saturated carbocycles. The highest BCUT2D eigenvalue weighted by Gasteiger charge is 2.40. The molecule has 98 valence electrons. The zero-order chi connectivity index (χ0) is 13.4. The van der Waals surface area contributed by atoms with Crippen molar-refractivity contribution < 1.29 is 14.7 Å². The van der Waals surface area contributed by atoms with Crippen LogP contribution in [0.3, 0.4) is 0 Å². The molecular weight excluding hydrogens is 386 g/mol. The molecule has 4 nitrogen and oxygen atoms in total. The molecule has 1 unspecified atom stereocenters. The van der Waals surface area contributed by atoms with Crippen molar-refractivity contribution >= 4 is 55.1 Å². The van der Waals surface area contributed by atoms with Gasteiger partial charge in [0.05, 0.1) is 3.79 Å². The van der Waals surface area contributed by atoms with Gasteiger partial charge in [-0.15, -0.1) is 11.3 Å². The van der Waals surface area contributed by atoms with Crippen molar-refractivity contribution in [3.8, 4) is 0 Å². The van der Waals surface area contributed by atoms with E-state index in [1.54, 1.807) is 6.07 Å². The molecule has 0 spiro atoms. The van der Waals surface area contributed by atoms with Gasteiger partial charge in [0.25, 0.3) is 0 Å². The minimum Gasteiger partial charge on any atom is -0.479 e. The van der Waals surface area contributed by atoms with Crippen LogP contribution < -0.4 is 0 Å². The van der Waals surface area contributed by atoms with Crippen LogP contribution in [-0.4, -0.2) is 27.9 Å².